The molecule has 0 N–H and O–H groups in total. The fourth-order valence-corrected chi connectivity index (χ4v) is 10.7. The number of para-hydroxylation sites is 1. The number of aryl methyl sites for hydroxylation is 1. The maximum Gasteiger partial charge on any atom is 0 e. The van der Waals surface area contributed by atoms with E-state index in [-0.39, 0.29) is 25.9 Å². The molecule has 4 heterocycles. The molecule has 0 saturated heterocycles. The Labute approximate surface area is 331 Å². The van der Waals surface area contributed by atoms with Gasteiger partial charge in [0.15, 0.2) is 0 Å². The molecule has 0 bridgehead atoms. The van der Waals surface area contributed by atoms with Crippen LogP contribution in [0.2, 0.25) is 17.3 Å². The van der Waals surface area contributed by atoms with E-state index in [1.54, 1.807) is 12.1 Å². The zero-order chi connectivity index (χ0) is 36.9. The molecule has 0 aliphatic carbocycles. The van der Waals surface area contributed by atoms with Crippen LogP contribution in [0.1, 0.15) is 30.9 Å². The first kappa shape index (κ1) is 37.4. The summed E-state index contributed by atoms with van der Waals surface area (Å²) in [7, 11) is 0. The van der Waals surface area contributed by atoms with Gasteiger partial charge in [-0.2, -0.15) is 0 Å². The standard InChI is InChI=1S/C26H19FNO.C21H20GeNO.Ir/c1-16(2)17-12-13-28-24(14-17)22-8-5-7-21-20-11-10-18(15-25(20)29-26(21)22)19-6-3-4-9-23(19)27;1-14-12-19(23-13-18(14)22(2,3)4)17-10-7-9-16-15-8-5-6-11-20(15)24-21(16)17;/h3-7,9-16H,1-2H3;5-9,11-13H,1-4H3;/q2*-1;. The molecule has 0 fully saturated rings. The van der Waals surface area contributed by atoms with Crippen LogP contribution in [0, 0.1) is 24.9 Å². The molecule has 271 valence electrons. The second-order valence-electron chi connectivity index (χ2n) is 14.8. The van der Waals surface area contributed by atoms with Gasteiger partial charge in [-0.1, -0.05) is 66.8 Å². The van der Waals surface area contributed by atoms with Crippen molar-refractivity contribution in [1.29, 1.82) is 0 Å². The molecule has 0 spiro atoms. The average Bonchev–Trinajstić information content (AvgIpc) is 3.73. The second-order valence-corrected chi connectivity index (χ2v) is 25.4. The molecule has 0 aliphatic heterocycles. The van der Waals surface area contributed by atoms with Gasteiger partial charge in [0, 0.05) is 37.3 Å². The molecule has 1 radical (unpaired) electrons. The summed E-state index contributed by atoms with van der Waals surface area (Å²) >= 11 is -1.89. The van der Waals surface area contributed by atoms with Crippen molar-refractivity contribution in [2.45, 2.75) is 44.0 Å². The van der Waals surface area contributed by atoms with Gasteiger partial charge in [-0.3, -0.25) is 0 Å². The third kappa shape index (κ3) is 7.06. The van der Waals surface area contributed by atoms with Crippen LogP contribution >= 0.6 is 0 Å². The van der Waals surface area contributed by atoms with Crippen LogP contribution in [0.5, 0.6) is 0 Å². The quantitative estimate of drug-likeness (QED) is 0.127. The summed E-state index contributed by atoms with van der Waals surface area (Å²) in [6, 6.07) is 41.6. The van der Waals surface area contributed by atoms with Gasteiger partial charge in [0.2, 0.25) is 0 Å². The first-order chi connectivity index (χ1) is 25.6. The maximum absolute atomic E-state index is 14.2. The van der Waals surface area contributed by atoms with Gasteiger partial charge in [0.1, 0.15) is 11.4 Å². The van der Waals surface area contributed by atoms with Crippen LogP contribution in [0.15, 0.2) is 130 Å². The Balaban J connectivity index is 0.000000166. The Morgan fingerprint density at radius 3 is 1.96 bits per heavy atom. The molecular weight excluding hydrogens is 908 g/mol. The Morgan fingerprint density at radius 2 is 1.30 bits per heavy atom. The van der Waals surface area contributed by atoms with Crippen molar-refractivity contribution in [3.05, 3.63) is 151 Å². The number of rotatable bonds is 5. The molecule has 9 aromatic rings. The Hall–Kier alpha value is -4.88. The molecule has 9 rings (SSSR count). The molecule has 54 heavy (non-hydrogen) atoms. The van der Waals surface area contributed by atoms with E-state index in [0.717, 1.165) is 72.0 Å². The largest absolute Gasteiger partial charge is 0 e. The van der Waals surface area contributed by atoms with Crippen molar-refractivity contribution in [1.82, 2.24) is 9.97 Å². The van der Waals surface area contributed by atoms with E-state index in [2.05, 4.69) is 85.6 Å². The Kier molecular flexibility index (Phi) is 10.5. The zero-order valence-corrected chi connectivity index (χ0v) is 35.5. The van der Waals surface area contributed by atoms with E-state index in [1.807, 2.05) is 72.9 Å². The van der Waals surface area contributed by atoms with E-state index in [9.17, 15) is 4.39 Å². The predicted octanol–water partition coefficient (Wildman–Crippen LogP) is 12.7. The first-order valence-electron chi connectivity index (χ1n) is 17.9. The van der Waals surface area contributed by atoms with E-state index >= 15 is 0 Å². The molecule has 0 aliphatic rings. The van der Waals surface area contributed by atoms with Gasteiger partial charge in [-0.15, -0.1) is 18.2 Å². The van der Waals surface area contributed by atoms with Crippen molar-refractivity contribution in [3.8, 4) is 33.6 Å². The molecule has 4 nitrogen and oxygen atoms in total. The number of benzene rings is 5. The topological polar surface area (TPSA) is 52.1 Å². The molecule has 7 heteroatoms. The van der Waals surface area contributed by atoms with Crippen molar-refractivity contribution in [3.63, 3.8) is 0 Å². The fourth-order valence-electron chi connectivity index (χ4n) is 7.10. The number of nitrogens with zero attached hydrogens (tertiary/aromatic N) is 2. The molecule has 4 aromatic heterocycles. The number of halogens is 1. The monoisotopic (exact) mass is 949 g/mol. The summed E-state index contributed by atoms with van der Waals surface area (Å²) < 4.78 is 28.0. The maximum atomic E-state index is 14.2. The van der Waals surface area contributed by atoms with Gasteiger partial charge in [0.05, 0.1) is 5.58 Å². The minimum Gasteiger partial charge on any atom is 0 e. The number of hydrogen-bond donors (Lipinski definition) is 0. The van der Waals surface area contributed by atoms with Gasteiger partial charge in [-0.05, 0) is 35.4 Å². The van der Waals surface area contributed by atoms with Gasteiger partial charge >= 0.3 is 145 Å². The number of furan rings is 2. The Morgan fingerprint density at radius 1 is 0.667 bits per heavy atom. The van der Waals surface area contributed by atoms with E-state index in [1.165, 1.54) is 21.6 Å². The SMILES string of the molecule is CC(C)c1ccnc(-c2[c-]ccc3c2oc2cc(-c4ccccc4F)ccc23)c1.Cc1cc(-c2[c-]ccc3c2oc2ccccc23)nc[c]1[Ge]([CH3])([CH3])[CH3].[Ir]. The van der Waals surface area contributed by atoms with Crippen LogP contribution < -0.4 is 4.40 Å². The summed E-state index contributed by atoms with van der Waals surface area (Å²) in [5.41, 5.74) is 10.7. The second kappa shape index (κ2) is 15.1. The van der Waals surface area contributed by atoms with Crippen LogP contribution in [0.3, 0.4) is 0 Å². The third-order valence-corrected chi connectivity index (χ3v) is 14.3. The normalized spacial score (nSPS) is 11.6. The molecule has 0 amide bonds. The van der Waals surface area contributed by atoms with Gasteiger partial charge in [0.25, 0.3) is 0 Å². The molecular formula is C47H39FGeIrN2O2-2. The van der Waals surface area contributed by atoms with E-state index in [4.69, 9.17) is 13.8 Å². The van der Waals surface area contributed by atoms with Crippen molar-refractivity contribution >= 4 is 61.5 Å². The van der Waals surface area contributed by atoms with Crippen molar-refractivity contribution in [2.75, 3.05) is 0 Å². The third-order valence-electron chi connectivity index (χ3n) is 9.84. The summed E-state index contributed by atoms with van der Waals surface area (Å²) in [6.45, 7) is 6.51. The molecule has 5 aromatic carbocycles. The van der Waals surface area contributed by atoms with E-state index in [0.29, 0.717) is 11.5 Å². The fraction of sp³-hybridized carbons (Fsp3) is 0.149. The summed E-state index contributed by atoms with van der Waals surface area (Å²) in [4.78, 5) is 9.30. The molecule has 0 unspecified atom stereocenters. The zero-order valence-electron chi connectivity index (χ0n) is 31.0. The Bertz CT molecular complexity index is 2800. The number of aromatic nitrogens is 2. The first-order valence-corrected chi connectivity index (χ1v) is 25.3. The summed E-state index contributed by atoms with van der Waals surface area (Å²) in [6.07, 6.45) is 3.90. The summed E-state index contributed by atoms with van der Waals surface area (Å²) in [5, 5.41) is 4.26. The predicted molar refractivity (Wildman–Crippen MR) is 219 cm³/mol. The summed E-state index contributed by atoms with van der Waals surface area (Å²) in [5.74, 6) is 7.36. The smallest absolute Gasteiger partial charge is 0 e. The number of pyridine rings is 2. The molecule has 0 saturated carbocycles. The van der Waals surface area contributed by atoms with Gasteiger partial charge < -0.3 is 9.40 Å². The van der Waals surface area contributed by atoms with Crippen molar-refractivity contribution in [2.24, 2.45) is 0 Å². The van der Waals surface area contributed by atoms with Crippen molar-refractivity contribution < 1.29 is 33.3 Å². The van der Waals surface area contributed by atoms with Gasteiger partial charge in [-0.25, -0.2) is 4.39 Å². The van der Waals surface area contributed by atoms with E-state index < -0.39 is 13.3 Å². The number of fused-ring (bicyclic) bond motifs is 6. The average molecular weight is 948 g/mol. The van der Waals surface area contributed by atoms with Crippen LogP contribution in [0.25, 0.3) is 77.5 Å². The minimum absolute atomic E-state index is 0. The van der Waals surface area contributed by atoms with Crippen LogP contribution in [0.4, 0.5) is 4.39 Å². The van der Waals surface area contributed by atoms with Crippen LogP contribution in [-0.2, 0) is 20.1 Å². The number of hydrogen-bond acceptors (Lipinski definition) is 4. The minimum atomic E-state index is -1.89. The van der Waals surface area contributed by atoms with Crippen LogP contribution in [-0.4, -0.2) is 23.2 Å². The molecule has 0 atom stereocenters.